The molecule has 3 aromatic rings. The largest absolute Gasteiger partial charge is 0.354 e. The normalized spacial score (nSPS) is 14.0. The van der Waals surface area contributed by atoms with Crippen LogP contribution in [-0.4, -0.2) is 33.9 Å². The van der Waals surface area contributed by atoms with Crippen molar-refractivity contribution in [2.24, 2.45) is 0 Å². The maximum atomic E-state index is 12.6. The van der Waals surface area contributed by atoms with Crippen molar-refractivity contribution in [3.05, 3.63) is 53.3 Å². The molecule has 2 aromatic heterocycles. The van der Waals surface area contributed by atoms with Crippen LogP contribution < -0.4 is 10.2 Å². The maximum Gasteiger partial charge on any atom is 0.260 e. The molecule has 0 bridgehead atoms. The number of para-hydroxylation sites is 2. The number of amides is 1. The lowest BCUT2D eigenvalue weighted by atomic mass is 10.2. The van der Waals surface area contributed by atoms with E-state index in [2.05, 4.69) is 20.2 Å². The van der Waals surface area contributed by atoms with Crippen LogP contribution in [0.15, 0.2) is 42.6 Å². The van der Waals surface area contributed by atoms with Crippen LogP contribution in [0.25, 0.3) is 11.0 Å². The van der Waals surface area contributed by atoms with Gasteiger partial charge in [-0.2, -0.15) is 0 Å². The third-order valence-corrected chi connectivity index (χ3v) is 4.49. The quantitative estimate of drug-likeness (QED) is 0.729. The van der Waals surface area contributed by atoms with Gasteiger partial charge in [0.1, 0.15) is 5.15 Å². The molecule has 1 aliphatic heterocycles. The van der Waals surface area contributed by atoms with Gasteiger partial charge in [-0.05, 0) is 37.1 Å². The minimum atomic E-state index is -0.344. The van der Waals surface area contributed by atoms with Crippen LogP contribution in [0.3, 0.4) is 0 Å². The molecular weight excluding hydrogens is 338 g/mol. The van der Waals surface area contributed by atoms with Crippen molar-refractivity contribution < 1.29 is 4.79 Å². The molecule has 0 atom stereocenters. The Balaban J connectivity index is 1.75. The standard InChI is InChI=1S/C18H16ClN5O/c19-15-12(6-5-9-20-15)18(25)23-16-17(24-10-3-4-11-24)22-14-8-2-1-7-13(14)21-16/h1-2,5-9H,3-4,10-11H2,(H,21,23,25). The highest BCUT2D eigenvalue weighted by molar-refractivity contribution is 6.33. The Hall–Kier alpha value is -2.73. The van der Waals surface area contributed by atoms with Crippen molar-refractivity contribution in [3.63, 3.8) is 0 Å². The zero-order valence-electron chi connectivity index (χ0n) is 13.4. The van der Waals surface area contributed by atoms with Gasteiger partial charge in [-0.1, -0.05) is 23.7 Å². The highest BCUT2D eigenvalue weighted by atomic mass is 35.5. The van der Waals surface area contributed by atoms with Gasteiger partial charge in [0, 0.05) is 19.3 Å². The first-order valence-corrected chi connectivity index (χ1v) is 8.54. The Labute approximate surface area is 149 Å². The molecule has 25 heavy (non-hydrogen) atoms. The average Bonchev–Trinajstić information content (AvgIpc) is 3.16. The molecule has 126 valence electrons. The predicted molar refractivity (Wildman–Crippen MR) is 98.2 cm³/mol. The number of nitrogens with one attached hydrogen (secondary N) is 1. The van der Waals surface area contributed by atoms with E-state index in [0.717, 1.165) is 37.0 Å². The minimum absolute atomic E-state index is 0.163. The molecule has 0 radical (unpaired) electrons. The van der Waals surface area contributed by atoms with Crippen LogP contribution in [0.4, 0.5) is 11.6 Å². The molecule has 1 aromatic carbocycles. The molecule has 4 rings (SSSR count). The molecule has 0 unspecified atom stereocenters. The number of hydrogen-bond donors (Lipinski definition) is 1. The summed E-state index contributed by atoms with van der Waals surface area (Å²) in [4.78, 5) is 28.1. The van der Waals surface area contributed by atoms with Crippen LogP contribution in [-0.2, 0) is 0 Å². The third kappa shape index (κ3) is 3.13. The highest BCUT2D eigenvalue weighted by Gasteiger charge is 2.21. The van der Waals surface area contributed by atoms with E-state index in [1.165, 1.54) is 0 Å². The smallest absolute Gasteiger partial charge is 0.260 e. The number of carbonyl (C=O) groups is 1. The summed E-state index contributed by atoms with van der Waals surface area (Å²) in [6, 6.07) is 10.9. The highest BCUT2D eigenvalue weighted by Crippen LogP contribution is 2.28. The number of pyridine rings is 1. The monoisotopic (exact) mass is 353 g/mol. The van der Waals surface area contributed by atoms with Crippen molar-refractivity contribution in [2.75, 3.05) is 23.3 Å². The van der Waals surface area contributed by atoms with E-state index in [0.29, 0.717) is 17.2 Å². The van der Waals surface area contributed by atoms with Crippen molar-refractivity contribution in [1.29, 1.82) is 0 Å². The second-order valence-corrected chi connectivity index (χ2v) is 6.23. The van der Waals surface area contributed by atoms with Crippen molar-refractivity contribution in [2.45, 2.75) is 12.8 Å². The summed E-state index contributed by atoms with van der Waals surface area (Å²) in [6.07, 6.45) is 3.76. The lowest BCUT2D eigenvalue weighted by Crippen LogP contribution is -2.23. The Morgan fingerprint density at radius 1 is 1.04 bits per heavy atom. The van der Waals surface area contributed by atoms with Crippen molar-refractivity contribution in [3.8, 4) is 0 Å². The summed E-state index contributed by atoms with van der Waals surface area (Å²) in [6.45, 7) is 1.81. The molecule has 3 heterocycles. The molecule has 7 heteroatoms. The molecule has 0 saturated carbocycles. The van der Waals surface area contributed by atoms with E-state index in [4.69, 9.17) is 16.6 Å². The van der Waals surface area contributed by atoms with Gasteiger partial charge in [0.15, 0.2) is 11.6 Å². The molecule has 6 nitrogen and oxygen atoms in total. The van der Waals surface area contributed by atoms with Gasteiger partial charge in [-0.15, -0.1) is 0 Å². The van der Waals surface area contributed by atoms with Gasteiger partial charge in [-0.25, -0.2) is 15.0 Å². The van der Waals surface area contributed by atoms with Crippen LogP contribution >= 0.6 is 11.6 Å². The summed E-state index contributed by atoms with van der Waals surface area (Å²) in [7, 11) is 0. The van der Waals surface area contributed by atoms with Crippen LogP contribution in [0.1, 0.15) is 23.2 Å². The zero-order valence-corrected chi connectivity index (χ0v) is 14.2. The summed E-state index contributed by atoms with van der Waals surface area (Å²) < 4.78 is 0. The van der Waals surface area contributed by atoms with E-state index in [1.54, 1.807) is 18.3 Å². The fourth-order valence-corrected chi connectivity index (χ4v) is 3.16. The molecule has 1 N–H and O–H groups in total. The fraction of sp³-hybridized carbons (Fsp3) is 0.222. The average molecular weight is 354 g/mol. The van der Waals surface area contributed by atoms with Gasteiger partial charge in [0.05, 0.1) is 16.6 Å². The number of carbonyl (C=O) groups excluding carboxylic acids is 1. The lowest BCUT2D eigenvalue weighted by molar-refractivity contribution is 0.102. The number of rotatable bonds is 3. The van der Waals surface area contributed by atoms with E-state index in [-0.39, 0.29) is 11.1 Å². The number of fused-ring (bicyclic) bond motifs is 1. The number of aromatic nitrogens is 3. The summed E-state index contributed by atoms with van der Waals surface area (Å²) >= 11 is 6.03. The van der Waals surface area contributed by atoms with E-state index in [9.17, 15) is 4.79 Å². The molecule has 1 fully saturated rings. The first kappa shape index (κ1) is 15.8. The Morgan fingerprint density at radius 2 is 1.76 bits per heavy atom. The maximum absolute atomic E-state index is 12.6. The predicted octanol–water partition coefficient (Wildman–Crippen LogP) is 3.53. The van der Waals surface area contributed by atoms with Crippen molar-refractivity contribution in [1.82, 2.24) is 15.0 Å². The van der Waals surface area contributed by atoms with E-state index in [1.807, 2.05) is 24.3 Å². The second-order valence-electron chi connectivity index (χ2n) is 5.87. The van der Waals surface area contributed by atoms with Crippen LogP contribution in [0, 0.1) is 0 Å². The molecule has 1 aliphatic rings. The molecular formula is C18H16ClN5O. The lowest BCUT2D eigenvalue weighted by Gasteiger charge is -2.20. The minimum Gasteiger partial charge on any atom is -0.354 e. The fourth-order valence-electron chi connectivity index (χ4n) is 2.95. The van der Waals surface area contributed by atoms with Crippen LogP contribution in [0.5, 0.6) is 0 Å². The SMILES string of the molecule is O=C(Nc1nc2ccccc2nc1N1CCCC1)c1cccnc1Cl. The van der Waals surface area contributed by atoms with Gasteiger partial charge in [-0.3, -0.25) is 4.79 Å². The molecule has 1 saturated heterocycles. The number of halogens is 1. The Bertz CT molecular complexity index is 940. The number of hydrogen-bond acceptors (Lipinski definition) is 5. The third-order valence-electron chi connectivity index (χ3n) is 4.19. The summed E-state index contributed by atoms with van der Waals surface area (Å²) in [5.41, 5.74) is 1.85. The van der Waals surface area contributed by atoms with Gasteiger partial charge in [0.2, 0.25) is 0 Å². The number of nitrogens with zero attached hydrogens (tertiary/aromatic N) is 4. The van der Waals surface area contributed by atoms with E-state index >= 15 is 0 Å². The zero-order chi connectivity index (χ0) is 17.2. The topological polar surface area (TPSA) is 71.0 Å². The van der Waals surface area contributed by atoms with Gasteiger partial charge in [0.25, 0.3) is 5.91 Å². The van der Waals surface area contributed by atoms with E-state index < -0.39 is 0 Å². The second kappa shape index (κ2) is 6.64. The van der Waals surface area contributed by atoms with Crippen LogP contribution in [0.2, 0.25) is 5.15 Å². The molecule has 0 aliphatic carbocycles. The van der Waals surface area contributed by atoms with Gasteiger partial charge < -0.3 is 10.2 Å². The van der Waals surface area contributed by atoms with Gasteiger partial charge >= 0.3 is 0 Å². The number of benzene rings is 1. The molecule has 0 spiro atoms. The Morgan fingerprint density at radius 3 is 2.48 bits per heavy atom. The Kier molecular flexibility index (Phi) is 4.19. The van der Waals surface area contributed by atoms with Crippen molar-refractivity contribution >= 4 is 40.2 Å². The first-order chi connectivity index (χ1) is 12.2. The first-order valence-electron chi connectivity index (χ1n) is 8.16. The summed E-state index contributed by atoms with van der Waals surface area (Å²) in [5.74, 6) is 0.804. The number of anilines is 2. The molecule has 1 amide bonds. The summed E-state index contributed by atoms with van der Waals surface area (Å²) in [5, 5.41) is 3.02.